The Morgan fingerprint density at radius 2 is 1.90 bits per heavy atom. The van der Waals surface area contributed by atoms with Gasteiger partial charge in [-0.25, -0.2) is 8.42 Å². The zero-order chi connectivity index (χ0) is 14.8. The van der Waals surface area contributed by atoms with Gasteiger partial charge in [0, 0.05) is 25.7 Å². The van der Waals surface area contributed by atoms with Gasteiger partial charge in [-0.15, -0.1) is 12.4 Å². The fourth-order valence-electron chi connectivity index (χ4n) is 1.40. The van der Waals surface area contributed by atoms with Gasteiger partial charge in [0.2, 0.25) is 10.0 Å². The molecule has 0 heterocycles. The number of halogens is 3. The number of rotatable bonds is 5. The first-order chi connectivity index (χ1) is 8.75. The number of benzene rings is 1. The maximum Gasteiger partial charge on any atom is 0.244 e. The second kappa shape index (κ2) is 7.68. The Hall–Kier alpha value is -0.240. The summed E-state index contributed by atoms with van der Waals surface area (Å²) in [6, 6.07) is 2.30. The lowest BCUT2D eigenvalue weighted by Gasteiger charge is -2.23. The number of methoxy groups -OCH3 is 1. The summed E-state index contributed by atoms with van der Waals surface area (Å²) in [6.07, 6.45) is 0. The highest BCUT2D eigenvalue weighted by atomic mass is 35.5. The highest BCUT2D eigenvalue weighted by Gasteiger charge is 2.28. The van der Waals surface area contributed by atoms with E-state index in [2.05, 4.69) is 0 Å². The molecule has 0 bridgehead atoms. The van der Waals surface area contributed by atoms with Crippen LogP contribution in [0.4, 0.5) is 0 Å². The van der Waals surface area contributed by atoms with Crippen molar-refractivity contribution in [1.82, 2.24) is 4.31 Å². The van der Waals surface area contributed by atoms with Crippen molar-refractivity contribution in [3.8, 4) is 5.75 Å². The Balaban J connectivity index is 0.00000361. The van der Waals surface area contributed by atoms with Crippen LogP contribution >= 0.6 is 35.6 Å². The van der Waals surface area contributed by atoms with Crippen molar-refractivity contribution < 1.29 is 13.2 Å². The second-order valence-corrected chi connectivity index (χ2v) is 6.80. The van der Waals surface area contributed by atoms with E-state index in [0.29, 0.717) is 5.75 Å². The smallest absolute Gasteiger partial charge is 0.244 e. The molecule has 5 nitrogen and oxygen atoms in total. The zero-order valence-corrected chi connectivity index (χ0v) is 14.4. The number of sulfonamides is 1. The van der Waals surface area contributed by atoms with E-state index in [0.717, 1.165) is 4.31 Å². The van der Waals surface area contributed by atoms with E-state index in [1.54, 1.807) is 6.92 Å². The molecule has 0 aliphatic carbocycles. The Kier molecular flexibility index (Phi) is 7.59. The summed E-state index contributed by atoms with van der Waals surface area (Å²) in [5, 5.41) is 0.233. The van der Waals surface area contributed by atoms with E-state index in [9.17, 15) is 8.42 Å². The van der Waals surface area contributed by atoms with Gasteiger partial charge in [0.1, 0.15) is 10.6 Å². The topological polar surface area (TPSA) is 72.6 Å². The van der Waals surface area contributed by atoms with Gasteiger partial charge in [-0.05, 0) is 13.0 Å². The normalized spacial score (nSPS) is 12.9. The molecule has 116 valence electrons. The van der Waals surface area contributed by atoms with Gasteiger partial charge >= 0.3 is 0 Å². The third-order valence-corrected chi connectivity index (χ3v) is 5.56. The highest BCUT2D eigenvalue weighted by Crippen LogP contribution is 2.34. The first kappa shape index (κ1) is 19.8. The standard InChI is InChI=1S/C11H16Cl2N2O3S.ClH/c1-7(6-14)15(2)19(16,17)11-5-8(12)10(18-3)4-9(11)13;/h4-5,7H,6,14H2,1-3H3;1H. The molecule has 2 N–H and O–H groups in total. The Bertz CT molecular complexity index is 566. The molecule has 0 amide bonds. The molecule has 1 unspecified atom stereocenters. The fourth-order valence-corrected chi connectivity index (χ4v) is 3.60. The van der Waals surface area contributed by atoms with Crippen LogP contribution in [0.15, 0.2) is 17.0 Å². The molecule has 1 rings (SSSR count). The van der Waals surface area contributed by atoms with E-state index < -0.39 is 10.0 Å². The fraction of sp³-hybridized carbons (Fsp3) is 0.455. The number of nitrogens with two attached hydrogens (primary N) is 1. The minimum atomic E-state index is -3.75. The third-order valence-electron chi connectivity index (χ3n) is 2.83. The second-order valence-electron chi connectivity index (χ2n) is 4.02. The first-order valence-corrected chi connectivity index (χ1v) is 7.66. The predicted molar refractivity (Wildman–Crippen MR) is 83.7 cm³/mol. The summed E-state index contributed by atoms with van der Waals surface area (Å²) < 4.78 is 30.9. The van der Waals surface area contributed by atoms with Crippen LogP contribution in [0.3, 0.4) is 0 Å². The summed E-state index contributed by atoms with van der Waals surface area (Å²) in [4.78, 5) is -0.0669. The van der Waals surface area contributed by atoms with E-state index in [1.807, 2.05) is 0 Å². The summed E-state index contributed by atoms with van der Waals surface area (Å²) in [5.74, 6) is 0.320. The third kappa shape index (κ3) is 3.90. The minimum Gasteiger partial charge on any atom is -0.495 e. The zero-order valence-electron chi connectivity index (χ0n) is 11.3. The van der Waals surface area contributed by atoms with Crippen LogP contribution in [-0.4, -0.2) is 39.5 Å². The molecular weight excluding hydrogens is 347 g/mol. The lowest BCUT2D eigenvalue weighted by molar-refractivity contribution is 0.394. The van der Waals surface area contributed by atoms with Gasteiger partial charge in [-0.2, -0.15) is 4.31 Å². The van der Waals surface area contributed by atoms with Crippen LogP contribution in [0.2, 0.25) is 10.0 Å². The van der Waals surface area contributed by atoms with Crippen molar-refractivity contribution in [3.05, 3.63) is 22.2 Å². The minimum absolute atomic E-state index is 0. The average Bonchev–Trinajstić information content (AvgIpc) is 2.38. The predicted octanol–water partition coefficient (Wildman–Crippen LogP) is 2.39. The summed E-state index contributed by atoms with van der Waals surface area (Å²) in [7, 11) is -0.876. The van der Waals surface area contributed by atoms with Crippen molar-refractivity contribution >= 4 is 45.6 Å². The summed E-state index contributed by atoms with van der Waals surface area (Å²) >= 11 is 11.9. The molecule has 1 aromatic rings. The van der Waals surface area contributed by atoms with Crippen molar-refractivity contribution in [1.29, 1.82) is 0 Å². The molecule has 0 saturated heterocycles. The van der Waals surface area contributed by atoms with Crippen molar-refractivity contribution in [2.75, 3.05) is 20.7 Å². The van der Waals surface area contributed by atoms with E-state index >= 15 is 0 Å². The molecule has 0 fully saturated rings. The van der Waals surface area contributed by atoms with Crippen molar-refractivity contribution in [3.63, 3.8) is 0 Å². The van der Waals surface area contributed by atoms with Crippen LogP contribution in [0, 0.1) is 0 Å². The van der Waals surface area contributed by atoms with Gasteiger partial charge in [0.05, 0.1) is 17.2 Å². The number of ether oxygens (including phenoxy) is 1. The molecule has 1 aromatic carbocycles. The van der Waals surface area contributed by atoms with E-state index in [-0.39, 0.29) is 39.9 Å². The van der Waals surface area contributed by atoms with Crippen molar-refractivity contribution in [2.45, 2.75) is 17.9 Å². The lowest BCUT2D eigenvalue weighted by atomic mass is 10.3. The van der Waals surface area contributed by atoms with Crippen LogP contribution < -0.4 is 10.5 Å². The SMILES string of the molecule is COc1cc(Cl)c(S(=O)(=O)N(C)C(C)CN)cc1Cl.Cl. The number of likely N-dealkylation sites (N-methyl/N-ethyl adjacent to an activating group) is 1. The lowest BCUT2D eigenvalue weighted by Crippen LogP contribution is -2.39. The van der Waals surface area contributed by atoms with Gasteiger partial charge < -0.3 is 10.5 Å². The largest absolute Gasteiger partial charge is 0.495 e. The van der Waals surface area contributed by atoms with Crippen LogP contribution in [0.1, 0.15) is 6.92 Å². The molecule has 0 aliphatic rings. The molecular formula is C11H17Cl3N2O3S. The summed E-state index contributed by atoms with van der Waals surface area (Å²) in [5.41, 5.74) is 5.48. The monoisotopic (exact) mass is 362 g/mol. The average molecular weight is 364 g/mol. The van der Waals surface area contributed by atoms with Crippen LogP contribution in [0.25, 0.3) is 0 Å². The molecule has 20 heavy (non-hydrogen) atoms. The number of hydrogen-bond donors (Lipinski definition) is 1. The Morgan fingerprint density at radius 1 is 1.35 bits per heavy atom. The van der Waals surface area contributed by atoms with Gasteiger partial charge in [0.25, 0.3) is 0 Å². The van der Waals surface area contributed by atoms with Crippen LogP contribution in [-0.2, 0) is 10.0 Å². The van der Waals surface area contributed by atoms with Gasteiger partial charge in [0.15, 0.2) is 0 Å². The quantitative estimate of drug-likeness (QED) is 0.872. The molecule has 0 saturated carbocycles. The molecule has 9 heteroatoms. The Morgan fingerprint density at radius 3 is 2.35 bits per heavy atom. The molecule has 1 atom stereocenters. The molecule has 0 aromatic heterocycles. The molecule has 0 radical (unpaired) electrons. The number of hydrogen-bond acceptors (Lipinski definition) is 4. The van der Waals surface area contributed by atoms with Crippen molar-refractivity contribution in [2.24, 2.45) is 5.73 Å². The van der Waals surface area contributed by atoms with Gasteiger partial charge in [-0.1, -0.05) is 23.2 Å². The molecule has 0 aliphatic heterocycles. The van der Waals surface area contributed by atoms with Gasteiger partial charge in [-0.3, -0.25) is 0 Å². The number of nitrogens with zero attached hydrogens (tertiary/aromatic N) is 1. The van der Waals surface area contributed by atoms with Crippen LogP contribution in [0.5, 0.6) is 5.75 Å². The maximum absolute atomic E-state index is 12.4. The first-order valence-electron chi connectivity index (χ1n) is 5.46. The maximum atomic E-state index is 12.4. The summed E-state index contributed by atoms with van der Waals surface area (Å²) in [6.45, 7) is 1.91. The van der Waals surface area contributed by atoms with E-state index in [1.165, 1.54) is 26.3 Å². The highest BCUT2D eigenvalue weighted by molar-refractivity contribution is 7.89. The van der Waals surface area contributed by atoms with E-state index in [4.69, 9.17) is 33.7 Å². The Labute approximate surface area is 135 Å². The molecule has 0 spiro atoms.